The molecule has 0 unspecified atom stereocenters. The Morgan fingerprint density at radius 3 is 2.08 bits per heavy atom. The molecule has 1 fully saturated rings. The number of carbonyl (C=O) groups excluding carboxylic acids is 1. The second-order valence-electron chi connectivity index (χ2n) is 5.52. The molecule has 1 N–H and O–H groups in total. The van der Waals surface area contributed by atoms with E-state index in [1.807, 2.05) is 0 Å². The maximum absolute atomic E-state index is 11.9. The number of hydrogen-bond donors (Lipinski definition) is 1. The molecule has 1 amide bonds. The van der Waals surface area contributed by atoms with Gasteiger partial charge in [-0.15, -0.1) is 0 Å². The van der Waals surface area contributed by atoms with Crippen LogP contribution in [0.15, 0.2) is 48.5 Å². The van der Waals surface area contributed by atoms with Crippen LogP contribution >= 0.6 is 0 Å². The van der Waals surface area contributed by atoms with E-state index in [0.717, 1.165) is 5.75 Å². The SMILES string of the molecule is COc1ccc(Oc2ccc(N3C[C@@H](C(=O)O)CC3=O)cc2)cc1. The van der Waals surface area contributed by atoms with Crippen molar-refractivity contribution in [2.24, 2.45) is 5.92 Å². The average molecular weight is 327 g/mol. The molecule has 2 aromatic rings. The Morgan fingerprint density at radius 2 is 1.58 bits per heavy atom. The van der Waals surface area contributed by atoms with Crippen molar-refractivity contribution in [3.05, 3.63) is 48.5 Å². The van der Waals surface area contributed by atoms with Crippen molar-refractivity contribution < 1.29 is 24.2 Å². The van der Waals surface area contributed by atoms with E-state index in [2.05, 4.69) is 0 Å². The molecule has 0 saturated carbocycles. The van der Waals surface area contributed by atoms with E-state index in [0.29, 0.717) is 17.2 Å². The number of benzene rings is 2. The fourth-order valence-corrected chi connectivity index (χ4v) is 2.60. The number of nitrogens with zero attached hydrogens (tertiary/aromatic N) is 1. The second kappa shape index (κ2) is 6.62. The van der Waals surface area contributed by atoms with E-state index in [-0.39, 0.29) is 18.9 Å². The number of amides is 1. The first-order chi connectivity index (χ1) is 11.6. The number of ether oxygens (including phenoxy) is 2. The summed E-state index contributed by atoms with van der Waals surface area (Å²) in [6, 6.07) is 14.2. The first-order valence-corrected chi connectivity index (χ1v) is 7.52. The van der Waals surface area contributed by atoms with Gasteiger partial charge in [0.05, 0.1) is 13.0 Å². The zero-order valence-corrected chi connectivity index (χ0v) is 13.1. The van der Waals surface area contributed by atoms with Gasteiger partial charge in [0.15, 0.2) is 0 Å². The lowest BCUT2D eigenvalue weighted by atomic mass is 10.1. The number of rotatable bonds is 5. The van der Waals surface area contributed by atoms with E-state index in [1.165, 1.54) is 4.90 Å². The molecule has 3 rings (SSSR count). The molecule has 1 atom stereocenters. The quantitative estimate of drug-likeness (QED) is 0.914. The normalized spacial score (nSPS) is 17.0. The van der Waals surface area contributed by atoms with E-state index in [1.54, 1.807) is 55.6 Å². The maximum Gasteiger partial charge on any atom is 0.308 e. The van der Waals surface area contributed by atoms with Crippen LogP contribution in [0, 0.1) is 5.92 Å². The van der Waals surface area contributed by atoms with Gasteiger partial charge in [-0.1, -0.05) is 0 Å². The predicted octanol–water partition coefficient (Wildman–Crippen LogP) is 2.93. The highest BCUT2D eigenvalue weighted by Crippen LogP contribution is 2.29. The minimum absolute atomic E-state index is 0.0411. The van der Waals surface area contributed by atoms with Gasteiger partial charge in [0.1, 0.15) is 17.2 Å². The van der Waals surface area contributed by atoms with Gasteiger partial charge in [0.2, 0.25) is 5.91 Å². The van der Waals surface area contributed by atoms with Crippen LogP contribution in [0.4, 0.5) is 5.69 Å². The summed E-state index contributed by atoms with van der Waals surface area (Å²) in [7, 11) is 1.60. The molecule has 0 aromatic heterocycles. The van der Waals surface area contributed by atoms with Gasteiger partial charge in [-0.25, -0.2) is 0 Å². The molecule has 124 valence electrons. The maximum atomic E-state index is 11.9. The molecule has 1 heterocycles. The average Bonchev–Trinajstić information content (AvgIpc) is 2.98. The molecule has 1 aliphatic heterocycles. The van der Waals surface area contributed by atoms with E-state index in [9.17, 15) is 9.59 Å². The standard InChI is InChI=1S/C18H17NO5/c1-23-14-6-8-16(9-7-14)24-15-4-2-13(3-5-15)19-11-12(18(21)22)10-17(19)20/h2-9,12H,10-11H2,1H3,(H,21,22)/t12-/m0/s1. The summed E-state index contributed by atoms with van der Waals surface area (Å²) < 4.78 is 10.8. The molecule has 0 bridgehead atoms. The van der Waals surface area contributed by atoms with Crippen LogP contribution < -0.4 is 14.4 Å². The summed E-state index contributed by atoms with van der Waals surface area (Å²) in [5, 5.41) is 9.03. The number of carboxylic acid groups (broad SMARTS) is 1. The fourth-order valence-electron chi connectivity index (χ4n) is 2.60. The van der Waals surface area contributed by atoms with Gasteiger partial charge in [-0.2, -0.15) is 0 Å². The largest absolute Gasteiger partial charge is 0.497 e. The first kappa shape index (κ1) is 15.9. The molecule has 1 aliphatic rings. The number of carboxylic acids is 1. The first-order valence-electron chi connectivity index (χ1n) is 7.52. The number of aliphatic carboxylic acids is 1. The third-order valence-electron chi connectivity index (χ3n) is 3.92. The van der Waals surface area contributed by atoms with Crippen molar-refractivity contribution >= 4 is 17.6 Å². The molecule has 1 saturated heterocycles. The van der Waals surface area contributed by atoms with Crippen LogP contribution in [0.3, 0.4) is 0 Å². The summed E-state index contributed by atoms with van der Waals surface area (Å²) in [6.45, 7) is 0.201. The Morgan fingerprint density at radius 1 is 1.04 bits per heavy atom. The van der Waals surface area contributed by atoms with Gasteiger partial charge in [0, 0.05) is 18.7 Å². The Balaban J connectivity index is 1.69. The third kappa shape index (κ3) is 3.32. The Bertz CT molecular complexity index is 739. The third-order valence-corrected chi connectivity index (χ3v) is 3.92. The van der Waals surface area contributed by atoms with Gasteiger partial charge >= 0.3 is 5.97 Å². The molecule has 6 heteroatoms. The number of anilines is 1. The monoisotopic (exact) mass is 327 g/mol. The molecule has 0 radical (unpaired) electrons. The van der Waals surface area contributed by atoms with Crippen molar-refractivity contribution in [3.63, 3.8) is 0 Å². The summed E-state index contributed by atoms with van der Waals surface area (Å²) >= 11 is 0. The van der Waals surface area contributed by atoms with Gasteiger partial charge < -0.3 is 19.5 Å². The van der Waals surface area contributed by atoms with Crippen LogP contribution in [-0.2, 0) is 9.59 Å². The molecular formula is C18H17NO5. The lowest BCUT2D eigenvalue weighted by Gasteiger charge is -2.16. The smallest absolute Gasteiger partial charge is 0.308 e. The van der Waals surface area contributed by atoms with E-state index < -0.39 is 11.9 Å². The molecule has 6 nitrogen and oxygen atoms in total. The van der Waals surface area contributed by atoms with Crippen LogP contribution in [-0.4, -0.2) is 30.6 Å². The molecular weight excluding hydrogens is 310 g/mol. The Kier molecular flexibility index (Phi) is 4.37. The van der Waals surface area contributed by atoms with Crippen LogP contribution in [0.5, 0.6) is 17.2 Å². The van der Waals surface area contributed by atoms with Crippen molar-refractivity contribution in [1.29, 1.82) is 0 Å². The topological polar surface area (TPSA) is 76.1 Å². The molecule has 2 aromatic carbocycles. The van der Waals surface area contributed by atoms with E-state index >= 15 is 0 Å². The summed E-state index contributed by atoms with van der Waals surface area (Å²) in [5.74, 6) is 0.291. The second-order valence-corrected chi connectivity index (χ2v) is 5.52. The molecule has 24 heavy (non-hydrogen) atoms. The highest BCUT2D eigenvalue weighted by molar-refractivity contribution is 5.99. The summed E-state index contributed by atoms with van der Waals surface area (Å²) in [6.07, 6.45) is 0.0411. The highest BCUT2D eigenvalue weighted by atomic mass is 16.5. The summed E-state index contributed by atoms with van der Waals surface area (Å²) in [4.78, 5) is 24.5. The molecule has 0 aliphatic carbocycles. The Labute approximate surface area is 139 Å². The van der Waals surface area contributed by atoms with Crippen LogP contribution in [0.1, 0.15) is 6.42 Å². The number of hydrogen-bond acceptors (Lipinski definition) is 4. The summed E-state index contributed by atoms with van der Waals surface area (Å²) in [5.41, 5.74) is 0.672. The minimum atomic E-state index is -0.940. The van der Waals surface area contributed by atoms with Gasteiger partial charge in [-0.05, 0) is 48.5 Å². The van der Waals surface area contributed by atoms with E-state index in [4.69, 9.17) is 14.6 Å². The van der Waals surface area contributed by atoms with Crippen molar-refractivity contribution in [3.8, 4) is 17.2 Å². The van der Waals surface area contributed by atoms with Gasteiger partial charge in [0.25, 0.3) is 0 Å². The fraction of sp³-hybridized carbons (Fsp3) is 0.222. The Hall–Kier alpha value is -3.02. The van der Waals surface area contributed by atoms with Crippen molar-refractivity contribution in [2.75, 3.05) is 18.6 Å². The van der Waals surface area contributed by atoms with Gasteiger partial charge in [-0.3, -0.25) is 9.59 Å². The predicted molar refractivity (Wildman–Crippen MR) is 87.6 cm³/mol. The van der Waals surface area contributed by atoms with Crippen LogP contribution in [0.2, 0.25) is 0 Å². The van der Waals surface area contributed by atoms with Crippen molar-refractivity contribution in [1.82, 2.24) is 0 Å². The highest BCUT2D eigenvalue weighted by Gasteiger charge is 2.34. The van der Waals surface area contributed by atoms with Crippen molar-refractivity contribution in [2.45, 2.75) is 6.42 Å². The lowest BCUT2D eigenvalue weighted by Crippen LogP contribution is -2.25. The zero-order chi connectivity index (χ0) is 17.1. The number of methoxy groups -OCH3 is 1. The molecule has 0 spiro atoms. The minimum Gasteiger partial charge on any atom is -0.497 e. The van der Waals surface area contributed by atoms with Crippen LogP contribution in [0.25, 0.3) is 0 Å². The number of carbonyl (C=O) groups is 2. The zero-order valence-electron chi connectivity index (χ0n) is 13.1. The lowest BCUT2D eigenvalue weighted by molar-refractivity contribution is -0.141.